The number of carbonyl (C=O) groups excluding carboxylic acids is 1. The number of sulfonamides is 1. The van der Waals surface area contributed by atoms with E-state index in [-0.39, 0.29) is 23.5 Å². The molecule has 0 aromatic heterocycles. The average Bonchev–Trinajstić information content (AvgIpc) is 2.38. The van der Waals surface area contributed by atoms with E-state index in [2.05, 4.69) is 4.74 Å². The van der Waals surface area contributed by atoms with Crippen molar-refractivity contribution in [1.82, 2.24) is 4.31 Å². The molecule has 0 spiro atoms. The molecule has 0 fully saturated rings. The molecule has 0 unspecified atom stereocenters. The molecule has 0 aliphatic heterocycles. The van der Waals surface area contributed by atoms with E-state index < -0.39 is 16.0 Å². The van der Waals surface area contributed by atoms with Crippen molar-refractivity contribution in [2.45, 2.75) is 11.8 Å². The first-order chi connectivity index (χ1) is 8.84. The largest absolute Gasteiger partial charge is 0.465 e. The standard InChI is InChI=1S/C12H18N2O4S/c1-9-4-5-10(12(15)18-3)8-11(9)19(16,17)14(2)7-6-13/h4-5,8H,6-7,13H2,1-3H3. The van der Waals surface area contributed by atoms with Crippen molar-refractivity contribution >= 4 is 16.0 Å². The van der Waals surface area contributed by atoms with Crippen LogP contribution in [0.15, 0.2) is 23.1 Å². The summed E-state index contributed by atoms with van der Waals surface area (Å²) >= 11 is 0. The minimum absolute atomic E-state index is 0.0892. The van der Waals surface area contributed by atoms with Gasteiger partial charge in [0.15, 0.2) is 0 Å². The molecule has 0 aliphatic carbocycles. The monoisotopic (exact) mass is 286 g/mol. The van der Waals surface area contributed by atoms with Gasteiger partial charge >= 0.3 is 5.97 Å². The highest BCUT2D eigenvalue weighted by Gasteiger charge is 2.23. The average molecular weight is 286 g/mol. The Balaban J connectivity index is 3.29. The molecule has 0 heterocycles. The number of carbonyl (C=O) groups is 1. The summed E-state index contributed by atoms with van der Waals surface area (Å²) in [6, 6.07) is 4.43. The van der Waals surface area contributed by atoms with Gasteiger partial charge in [0.1, 0.15) is 0 Å². The van der Waals surface area contributed by atoms with Crippen LogP contribution in [0.3, 0.4) is 0 Å². The van der Waals surface area contributed by atoms with Crippen molar-refractivity contribution in [3.63, 3.8) is 0 Å². The third-order valence-electron chi connectivity index (χ3n) is 2.74. The maximum atomic E-state index is 12.3. The van der Waals surface area contributed by atoms with Crippen LogP contribution < -0.4 is 5.73 Å². The Morgan fingerprint density at radius 3 is 2.58 bits per heavy atom. The summed E-state index contributed by atoms with van der Waals surface area (Å²) in [6.45, 7) is 2.11. The normalized spacial score (nSPS) is 11.6. The van der Waals surface area contributed by atoms with Gasteiger partial charge in [0, 0.05) is 20.1 Å². The van der Waals surface area contributed by atoms with Gasteiger partial charge < -0.3 is 10.5 Å². The lowest BCUT2D eigenvalue weighted by atomic mass is 10.1. The maximum absolute atomic E-state index is 12.3. The third-order valence-corrected chi connectivity index (χ3v) is 4.74. The Morgan fingerprint density at radius 2 is 2.05 bits per heavy atom. The lowest BCUT2D eigenvalue weighted by Crippen LogP contribution is -2.32. The predicted molar refractivity (Wildman–Crippen MR) is 71.4 cm³/mol. The number of methoxy groups -OCH3 is 1. The van der Waals surface area contributed by atoms with E-state index in [1.165, 1.54) is 26.3 Å². The number of rotatable bonds is 5. The SMILES string of the molecule is COC(=O)c1ccc(C)c(S(=O)(=O)N(C)CCN)c1. The Morgan fingerprint density at radius 1 is 1.42 bits per heavy atom. The molecular weight excluding hydrogens is 268 g/mol. The Hall–Kier alpha value is -1.44. The molecule has 1 aromatic rings. The number of hydrogen-bond acceptors (Lipinski definition) is 5. The van der Waals surface area contributed by atoms with Crippen molar-refractivity contribution in [2.24, 2.45) is 5.73 Å². The molecule has 1 rings (SSSR count). The van der Waals surface area contributed by atoms with Crippen LogP contribution in [-0.2, 0) is 14.8 Å². The number of likely N-dealkylation sites (N-methyl/N-ethyl adjacent to an activating group) is 1. The van der Waals surface area contributed by atoms with Gasteiger partial charge in [-0.3, -0.25) is 0 Å². The van der Waals surface area contributed by atoms with E-state index in [1.54, 1.807) is 13.0 Å². The molecule has 0 saturated heterocycles. The summed E-state index contributed by atoms with van der Waals surface area (Å²) in [4.78, 5) is 11.5. The molecule has 106 valence electrons. The molecule has 6 nitrogen and oxygen atoms in total. The van der Waals surface area contributed by atoms with Gasteiger partial charge in [0.2, 0.25) is 10.0 Å². The Bertz CT molecular complexity index is 569. The first kappa shape index (κ1) is 15.6. The van der Waals surface area contributed by atoms with Gasteiger partial charge in [-0.05, 0) is 24.6 Å². The highest BCUT2D eigenvalue weighted by atomic mass is 32.2. The number of nitrogens with zero attached hydrogens (tertiary/aromatic N) is 1. The van der Waals surface area contributed by atoms with Crippen molar-refractivity contribution in [2.75, 3.05) is 27.2 Å². The molecule has 0 radical (unpaired) electrons. The minimum atomic E-state index is -3.65. The highest BCUT2D eigenvalue weighted by Crippen LogP contribution is 2.20. The zero-order chi connectivity index (χ0) is 14.6. The Kier molecular flexibility index (Phi) is 5.04. The van der Waals surface area contributed by atoms with Crippen molar-refractivity contribution in [3.8, 4) is 0 Å². The number of benzene rings is 1. The molecule has 1 aromatic carbocycles. The van der Waals surface area contributed by atoms with E-state index in [4.69, 9.17) is 5.73 Å². The molecule has 0 atom stereocenters. The number of hydrogen-bond donors (Lipinski definition) is 1. The quantitative estimate of drug-likeness (QED) is 0.789. The molecule has 7 heteroatoms. The molecule has 0 saturated carbocycles. The van der Waals surface area contributed by atoms with Gasteiger partial charge in [0.05, 0.1) is 17.6 Å². The first-order valence-electron chi connectivity index (χ1n) is 5.70. The summed E-state index contributed by atoms with van der Waals surface area (Å²) in [5, 5.41) is 0. The van der Waals surface area contributed by atoms with Gasteiger partial charge in [-0.25, -0.2) is 13.2 Å². The van der Waals surface area contributed by atoms with E-state index in [9.17, 15) is 13.2 Å². The van der Waals surface area contributed by atoms with Crippen molar-refractivity contribution < 1.29 is 17.9 Å². The fourth-order valence-electron chi connectivity index (χ4n) is 1.59. The molecule has 0 bridgehead atoms. The fraction of sp³-hybridized carbons (Fsp3) is 0.417. The predicted octanol–water partition coefficient (Wildman–Crippen LogP) is 0.361. The molecule has 19 heavy (non-hydrogen) atoms. The van der Waals surface area contributed by atoms with E-state index in [0.29, 0.717) is 5.56 Å². The molecular formula is C12H18N2O4S. The lowest BCUT2D eigenvalue weighted by molar-refractivity contribution is 0.0600. The zero-order valence-electron chi connectivity index (χ0n) is 11.2. The second-order valence-electron chi connectivity index (χ2n) is 4.09. The zero-order valence-corrected chi connectivity index (χ0v) is 12.0. The third kappa shape index (κ3) is 3.31. The molecule has 2 N–H and O–H groups in total. The van der Waals surface area contributed by atoms with E-state index >= 15 is 0 Å². The van der Waals surface area contributed by atoms with Crippen LogP contribution in [0.25, 0.3) is 0 Å². The Labute approximate surface area is 113 Å². The van der Waals surface area contributed by atoms with Gasteiger partial charge in [-0.1, -0.05) is 6.07 Å². The van der Waals surface area contributed by atoms with Gasteiger partial charge in [-0.15, -0.1) is 0 Å². The molecule has 0 aliphatic rings. The number of esters is 1. The van der Waals surface area contributed by atoms with Gasteiger partial charge in [-0.2, -0.15) is 4.31 Å². The van der Waals surface area contributed by atoms with Crippen LogP contribution >= 0.6 is 0 Å². The first-order valence-corrected chi connectivity index (χ1v) is 7.14. The number of nitrogens with two attached hydrogens (primary N) is 1. The summed E-state index contributed by atoms with van der Waals surface area (Å²) < 4.78 is 30.4. The van der Waals surface area contributed by atoms with Crippen LogP contribution in [0.2, 0.25) is 0 Å². The highest BCUT2D eigenvalue weighted by molar-refractivity contribution is 7.89. The van der Waals surface area contributed by atoms with Crippen molar-refractivity contribution in [3.05, 3.63) is 29.3 Å². The molecule has 0 amide bonds. The topological polar surface area (TPSA) is 89.7 Å². The van der Waals surface area contributed by atoms with Crippen LogP contribution in [0.5, 0.6) is 0 Å². The summed E-state index contributed by atoms with van der Waals surface area (Å²) in [7, 11) is -0.953. The summed E-state index contributed by atoms with van der Waals surface area (Å²) in [5.74, 6) is -0.571. The van der Waals surface area contributed by atoms with E-state index in [1.807, 2.05) is 0 Å². The van der Waals surface area contributed by atoms with Crippen molar-refractivity contribution in [1.29, 1.82) is 0 Å². The maximum Gasteiger partial charge on any atom is 0.337 e. The van der Waals surface area contributed by atoms with E-state index in [0.717, 1.165) is 4.31 Å². The minimum Gasteiger partial charge on any atom is -0.465 e. The van der Waals surface area contributed by atoms with Crippen LogP contribution in [0, 0.1) is 6.92 Å². The lowest BCUT2D eigenvalue weighted by Gasteiger charge is -2.18. The second-order valence-corrected chi connectivity index (χ2v) is 6.10. The van der Waals surface area contributed by atoms with Crippen LogP contribution in [0.4, 0.5) is 0 Å². The second kappa shape index (κ2) is 6.14. The van der Waals surface area contributed by atoms with Gasteiger partial charge in [0.25, 0.3) is 0 Å². The number of aryl methyl sites for hydroxylation is 1. The number of ether oxygens (including phenoxy) is 1. The van der Waals surface area contributed by atoms with Crippen LogP contribution in [-0.4, -0.2) is 45.9 Å². The summed E-state index contributed by atoms with van der Waals surface area (Å²) in [5.41, 5.74) is 6.13. The summed E-state index contributed by atoms with van der Waals surface area (Å²) in [6.07, 6.45) is 0. The van der Waals surface area contributed by atoms with Crippen LogP contribution in [0.1, 0.15) is 15.9 Å². The fourth-order valence-corrected chi connectivity index (χ4v) is 3.03. The smallest absolute Gasteiger partial charge is 0.337 e.